The third-order valence-electron chi connectivity index (χ3n) is 2.66. The molecule has 0 aromatic heterocycles. The molecule has 0 aliphatic rings. The van der Waals surface area contributed by atoms with Crippen LogP contribution in [0.4, 0.5) is 0 Å². The van der Waals surface area contributed by atoms with E-state index in [1.165, 1.54) is 12.8 Å². The largest absolute Gasteiger partial charge is 0.493 e. The molecule has 17 heavy (non-hydrogen) atoms. The van der Waals surface area contributed by atoms with Crippen molar-refractivity contribution in [2.45, 2.75) is 33.1 Å². The van der Waals surface area contributed by atoms with E-state index in [1.54, 1.807) is 0 Å². The Labute approximate surface area is 109 Å². The number of halogens is 1. The monoisotopic (exact) mass is 255 g/mol. The number of benzene rings is 1. The van der Waals surface area contributed by atoms with Crippen molar-refractivity contribution in [2.75, 3.05) is 19.7 Å². The van der Waals surface area contributed by atoms with Crippen LogP contribution in [0.2, 0.25) is 5.02 Å². The first-order valence-electron chi connectivity index (χ1n) is 6.33. The molecule has 0 amide bonds. The van der Waals surface area contributed by atoms with Crippen LogP contribution in [0.25, 0.3) is 0 Å². The highest BCUT2D eigenvalue weighted by Crippen LogP contribution is 2.22. The molecule has 2 nitrogen and oxygen atoms in total. The fourth-order valence-corrected chi connectivity index (χ4v) is 1.78. The van der Waals surface area contributed by atoms with Gasteiger partial charge in [-0.15, -0.1) is 0 Å². The summed E-state index contributed by atoms with van der Waals surface area (Å²) in [5.41, 5.74) is 1.14. The second-order valence-corrected chi connectivity index (χ2v) is 4.61. The third-order valence-corrected chi connectivity index (χ3v) is 2.89. The lowest BCUT2D eigenvalue weighted by Gasteiger charge is -2.09. The Hall–Kier alpha value is -0.730. The molecule has 0 radical (unpaired) electrons. The minimum atomic E-state index is 0.734. The molecule has 1 aromatic carbocycles. The zero-order valence-electron chi connectivity index (χ0n) is 10.8. The molecule has 0 aliphatic carbocycles. The minimum absolute atomic E-state index is 0.734. The van der Waals surface area contributed by atoms with Crippen molar-refractivity contribution in [3.8, 4) is 5.75 Å². The summed E-state index contributed by atoms with van der Waals surface area (Å²) < 4.78 is 5.72. The Balaban J connectivity index is 2.15. The van der Waals surface area contributed by atoms with E-state index in [-0.39, 0.29) is 0 Å². The summed E-state index contributed by atoms with van der Waals surface area (Å²) in [7, 11) is 0. The first kappa shape index (κ1) is 14.3. The van der Waals surface area contributed by atoms with Crippen LogP contribution in [0, 0.1) is 6.92 Å². The molecule has 1 aromatic rings. The molecule has 0 spiro atoms. The number of hydrogen-bond donors (Lipinski definition) is 1. The molecule has 0 fully saturated rings. The van der Waals surface area contributed by atoms with Crippen molar-refractivity contribution in [3.63, 3.8) is 0 Å². The van der Waals surface area contributed by atoms with E-state index in [0.717, 1.165) is 42.5 Å². The van der Waals surface area contributed by atoms with Crippen molar-refractivity contribution in [3.05, 3.63) is 28.8 Å². The van der Waals surface area contributed by atoms with Gasteiger partial charge < -0.3 is 10.1 Å². The van der Waals surface area contributed by atoms with Crippen LogP contribution < -0.4 is 10.1 Å². The maximum absolute atomic E-state index is 5.93. The second-order valence-electron chi connectivity index (χ2n) is 4.17. The summed E-state index contributed by atoms with van der Waals surface area (Å²) in [4.78, 5) is 0. The average Bonchev–Trinajstić information content (AvgIpc) is 2.32. The quantitative estimate of drug-likeness (QED) is 0.714. The first-order chi connectivity index (χ1) is 8.24. The average molecular weight is 256 g/mol. The van der Waals surface area contributed by atoms with E-state index in [1.807, 2.05) is 25.1 Å². The molecule has 0 atom stereocenters. The molecular formula is C14H22ClNO. The molecule has 1 N–H and O–H groups in total. The van der Waals surface area contributed by atoms with Crippen molar-refractivity contribution in [2.24, 2.45) is 0 Å². The molecule has 0 aliphatic heterocycles. The fourth-order valence-electron chi connectivity index (χ4n) is 1.62. The van der Waals surface area contributed by atoms with Gasteiger partial charge in [0.25, 0.3) is 0 Å². The van der Waals surface area contributed by atoms with Gasteiger partial charge in [0, 0.05) is 5.02 Å². The number of ether oxygens (including phenoxy) is 1. The molecule has 0 bridgehead atoms. The Morgan fingerprint density at radius 3 is 2.82 bits per heavy atom. The van der Waals surface area contributed by atoms with Crippen LogP contribution in [0.1, 0.15) is 31.7 Å². The molecule has 96 valence electrons. The van der Waals surface area contributed by atoms with Gasteiger partial charge in [0.15, 0.2) is 0 Å². The summed E-state index contributed by atoms with van der Waals surface area (Å²) in [6.45, 7) is 7.10. The van der Waals surface area contributed by atoms with Crippen LogP contribution in [0.15, 0.2) is 18.2 Å². The lowest BCUT2D eigenvalue weighted by Crippen LogP contribution is -2.14. The number of rotatable bonds is 8. The fraction of sp³-hybridized carbons (Fsp3) is 0.571. The minimum Gasteiger partial charge on any atom is -0.493 e. The Morgan fingerprint density at radius 1 is 1.24 bits per heavy atom. The van der Waals surface area contributed by atoms with Crippen LogP contribution in [0.3, 0.4) is 0 Å². The Kier molecular flexibility index (Phi) is 7.06. The van der Waals surface area contributed by atoms with E-state index in [4.69, 9.17) is 16.3 Å². The lowest BCUT2D eigenvalue weighted by atomic mass is 10.2. The molecular weight excluding hydrogens is 234 g/mol. The summed E-state index contributed by atoms with van der Waals surface area (Å²) >= 11 is 5.93. The molecule has 1 rings (SSSR count). The molecule has 0 heterocycles. The van der Waals surface area contributed by atoms with Gasteiger partial charge in [-0.25, -0.2) is 0 Å². The van der Waals surface area contributed by atoms with Gasteiger partial charge in [-0.2, -0.15) is 0 Å². The maximum atomic E-state index is 5.93. The van der Waals surface area contributed by atoms with Gasteiger partial charge in [-0.1, -0.05) is 24.6 Å². The number of nitrogens with one attached hydrogen (secondary N) is 1. The maximum Gasteiger partial charge on any atom is 0.123 e. The number of hydrogen-bond acceptors (Lipinski definition) is 2. The SMILES string of the molecule is CCNCCCCCOc1cc(Cl)ccc1C. The number of unbranched alkanes of at least 4 members (excludes halogenated alkanes) is 2. The van der Waals surface area contributed by atoms with Gasteiger partial charge in [0.1, 0.15) is 5.75 Å². The van der Waals surface area contributed by atoms with E-state index >= 15 is 0 Å². The van der Waals surface area contributed by atoms with Crippen LogP contribution in [-0.4, -0.2) is 19.7 Å². The van der Waals surface area contributed by atoms with E-state index in [0.29, 0.717) is 0 Å². The summed E-state index contributed by atoms with van der Waals surface area (Å²) in [5.74, 6) is 0.907. The van der Waals surface area contributed by atoms with Crippen molar-refractivity contribution < 1.29 is 4.74 Å². The van der Waals surface area contributed by atoms with Crippen molar-refractivity contribution in [1.82, 2.24) is 5.32 Å². The Morgan fingerprint density at radius 2 is 2.06 bits per heavy atom. The highest BCUT2D eigenvalue weighted by molar-refractivity contribution is 6.30. The van der Waals surface area contributed by atoms with Gasteiger partial charge in [0.05, 0.1) is 6.61 Å². The van der Waals surface area contributed by atoms with Gasteiger partial charge in [-0.3, -0.25) is 0 Å². The summed E-state index contributed by atoms with van der Waals surface area (Å²) in [6.07, 6.45) is 3.51. The topological polar surface area (TPSA) is 21.3 Å². The molecule has 3 heteroatoms. The predicted molar refractivity (Wildman–Crippen MR) is 74.1 cm³/mol. The zero-order valence-corrected chi connectivity index (χ0v) is 11.5. The summed E-state index contributed by atoms with van der Waals surface area (Å²) in [6, 6.07) is 5.76. The van der Waals surface area contributed by atoms with Gasteiger partial charge in [-0.05, 0) is 57.0 Å². The van der Waals surface area contributed by atoms with E-state index in [9.17, 15) is 0 Å². The molecule has 0 unspecified atom stereocenters. The smallest absolute Gasteiger partial charge is 0.123 e. The van der Waals surface area contributed by atoms with Crippen LogP contribution in [-0.2, 0) is 0 Å². The third kappa shape index (κ3) is 5.94. The van der Waals surface area contributed by atoms with Gasteiger partial charge >= 0.3 is 0 Å². The van der Waals surface area contributed by atoms with Crippen LogP contribution >= 0.6 is 11.6 Å². The predicted octanol–water partition coefficient (Wildman–Crippen LogP) is 3.81. The van der Waals surface area contributed by atoms with E-state index in [2.05, 4.69) is 12.2 Å². The highest BCUT2D eigenvalue weighted by atomic mass is 35.5. The van der Waals surface area contributed by atoms with Crippen LogP contribution in [0.5, 0.6) is 5.75 Å². The standard InChI is InChI=1S/C14H22ClNO/c1-3-16-9-5-4-6-10-17-14-11-13(15)8-7-12(14)2/h7-8,11,16H,3-6,9-10H2,1-2H3. The van der Waals surface area contributed by atoms with Crippen molar-refractivity contribution in [1.29, 1.82) is 0 Å². The molecule has 0 saturated carbocycles. The van der Waals surface area contributed by atoms with Gasteiger partial charge in [0.2, 0.25) is 0 Å². The Bertz CT molecular complexity index is 328. The van der Waals surface area contributed by atoms with Crippen molar-refractivity contribution >= 4 is 11.6 Å². The zero-order chi connectivity index (χ0) is 12.5. The highest BCUT2D eigenvalue weighted by Gasteiger charge is 2.00. The molecule has 0 saturated heterocycles. The van der Waals surface area contributed by atoms with E-state index < -0.39 is 0 Å². The second kappa shape index (κ2) is 8.37. The normalized spacial score (nSPS) is 10.5. The number of aryl methyl sites for hydroxylation is 1. The summed E-state index contributed by atoms with van der Waals surface area (Å²) in [5, 5.41) is 4.05. The first-order valence-corrected chi connectivity index (χ1v) is 6.71. The lowest BCUT2D eigenvalue weighted by molar-refractivity contribution is 0.303.